The summed E-state index contributed by atoms with van der Waals surface area (Å²) < 4.78 is 42.8. The summed E-state index contributed by atoms with van der Waals surface area (Å²) in [6, 6.07) is 10.9. The maximum absolute atomic E-state index is 13.8. The number of aromatic hydroxyl groups is 1. The molecule has 1 amide bonds. The Morgan fingerprint density at radius 2 is 1.77 bits per heavy atom. The van der Waals surface area contributed by atoms with E-state index in [1.54, 1.807) is 12.1 Å². The molecule has 1 heterocycles. The first-order valence-electron chi connectivity index (χ1n) is 12.1. The van der Waals surface area contributed by atoms with Gasteiger partial charge in [0, 0.05) is 5.69 Å². The normalized spacial score (nSPS) is 12.6. The number of carbonyl (C=O) groups is 2. The summed E-state index contributed by atoms with van der Waals surface area (Å²) in [5, 5.41) is 23.5. The van der Waals surface area contributed by atoms with Gasteiger partial charge in [0.05, 0.1) is 27.2 Å². The number of hydrogen-bond acceptors (Lipinski definition) is 4. The number of anilines is 1. The van der Waals surface area contributed by atoms with Gasteiger partial charge in [-0.05, 0) is 59.9 Å². The molecule has 0 saturated carbocycles. The lowest BCUT2D eigenvalue weighted by atomic mass is 9.96. The Morgan fingerprint density at radius 1 is 1.07 bits per heavy atom. The molecule has 1 aromatic heterocycles. The number of amides is 1. The van der Waals surface area contributed by atoms with Gasteiger partial charge >= 0.3 is 12.1 Å². The van der Waals surface area contributed by atoms with E-state index in [-0.39, 0.29) is 51.3 Å². The Morgan fingerprint density at radius 3 is 2.40 bits per heavy atom. The lowest BCUT2D eigenvalue weighted by Crippen LogP contribution is -2.21. The molecule has 40 heavy (non-hydrogen) atoms. The molecule has 210 valence electrons. The van der Waals surface area contributed by atoms with Crippen molar-refractivity contribution < 1.29 is 33.0 Å². The second kappa shape index (κ2) is 11.4. The molecule has 0 radical (unpaired) electrons. The molecule has 1 unspecified atom stereocenters. The molecule has 0 aliphatic rings. The van der Waals surface area contributed by atoms with Crippen molar-refractivity contribution in [3.63, 3.8) is 0 Å². The first-order valence-corrected chi connectivity index (χ1v) is 13.0. The SMILES string of the molecule is CC(C)CC(C(=O)O)n1c(-c2cc(-c3ccccc3C(F)(F)F)cc(Cl)c2O)nc2cc(NC(=O)CCl)ccc21. The number of nitrogens with one attached hydrogen (secondary N) is 1. The number of carboxylic acids is 1. The van der Waals surface area contributed by atoms with E-state index in [2.05, 4.69) is 10.3 Å². The van der Waals surface area contributed by atoms with Crippen molar-refractivity contribution in [3.8, 4) is 28.3 Å². The second-order valence-electron chi connectivity index (χ2n) is 9.57. The average Bonchev–Trinajstić information content (AvgIpc) is 3.26. The second-order valence-corrected chi connectivity index (χ2v) is 10.2. The predicted octanol–water partition coefficient (Wildman–Crippen LogP) is 7.60. The first kappa shape index (κ1) is 29.2. The van der Waals surface area contributed by atoms with E-state index in [9.17, 15) is 33.0 Å². The fourth-order valence-corrected chi connectivity index (χ4v) is 4.83. The summed E-state index contributed by atoms with van der Waals surface area (Å²) in [6.45, 7) is 3.69. The van der Waals surface area contributed by atoms with Crippen LogP contribution in [0.2, 0.25) is 5.02 Å². The van der Waals surface area contributed by atoms with Gasteiger partial charge in [-0.25, -0.2) is 9.78 Å². The van der Waals surface area contributed by atoms with Crippen LogP contribution in [0.5, 0.6) is 5.75 Å². The van der Waals surface area contributed by atoms with Gasteiger partial charge in [-0.1, -0.05) is 43.6 Å². The minimum Gasteiger partial charge on any atom is -0.506 e. The molecule has 3 N–H and O–H groups in total. The highest BCUT2D eigenvalue weighted by atomic mass is 35.5. The number of imidazole rings is 1. The highest BCUT2D eigenvalue weighted by Gasteiger charge is 2.34. The number of carboxylic acid groups (broad SMARTS) is 1. The minimum absolute atomic E-state index is 0.0189. The van der Waals surface area contributed by atoms with Crippen molar-refractivity contribution in [2.75, 3.05) is 11.2 Å². The van der Waals surface area contributed by atoms with Gasteiger partial charge in [-0.15, -0.1) is 11.6 Å². The average molecular weight is 594 g/mol. The number of fused-ring (bicyclic) bond motifs is 1. The zero-order valence-corrected chi connectivity index (χ0v) is 22.8. The maximum Gasteiger partial charge on any atom is 0.417 e. The summed E-state index contributed by atoms with van der Waals surface area (Å²) in [7, 11) is 0. The van der Waals surface area contributed by atoms with Crippen LogP contribution < -0.4 is 5.32 Å². The lowest BCUT2D eigenvalue weighted by molar-refractivity contribution is -0.141. The van der Waals surface area contributed by atoms with Crippen LogP contribution >= 0.6 is 23.2 Å². The molecular formula is C28H24Cl2F3N3O4. The van der Waals surface area contributed by atoms with Gasteiger partial charge in [0.15, 0.2) is 0 Å². The predicted molar refractivity (Wildman–Crippen MR) is 148 cm³/mol. The Bertz CT molecular complexity index is 1600. The van der Waals surface area contributed by atoms with Crippen molar-refractivity contribution in [3.05, 3.63) is 65.2 Å². The topological polar surface area (TPSA) is 104 Å². The van der Waals surface area contributed by atoms with Crippen molar-refractivity contribution in [2.45, 2.75) is 32.5 Å². The van der Waals surface area contributed by atoms with E-state index in [0.29, 0.717) is 11.2 Å². The molecule has 4 rings (SSSR count). The Kier molecular flexibility index (Phi) is 8.32. The molecule has 4 aromatic rings. The first-order chi connectivity index (χ1) is 18.8. The zero-order valence-electron chi connectivity index (χ0n) is 21.3. The quantitative estimate of drug-likeness (QED) is 0.182. The number of benzene rings is 3. The zero-order chi connectivity index (χ0) is 29.4. The van der Waals surface area contributed by atoms with Gasteiger partial charge in [-0.2, -0.15) is 13.2 Å². The number of rotatable bonds is 8. The molecular weight excluding hydrogens is 570 g/mol. The van der Waals surface area contributed by atoms with E-state index in [4.69, 9.17) is 23.2 Å². The fraction of sp³-hybridized carbons (Fsp3) is 0.250. The number of halogens is 5. The van der Waals surface area contributed by atoms with Crippen LogP contribution in [0.25, 0.3) is 33.5 Å². The third-order valence-corrected chi connectivity index (χ3v) is 6.76. The number of phenols is 1. The van der Waals surface area contributed by atoms with Crippen molar-refractivity contribution in [1.82, 2.24) is 9.55 Å². The number of aliphatic carboxylic acids is 1. The number of nitrogens with zero attached hydrogens (tertiary/aromatic N) is 2. The van der Waals surface area contributed by atoms with Gasteiger partial charge in [0.25, 0.3) is 0 Å². The van der Waals surface area contributed by atoms with Crippen LogP contribution in [0.3, 0.4) is 0 Å². The van der Waals surface area contributed by atoms with Crippen LogP contribution in [0.1, 0.15) is 31.9 Å². The Labute approximate surface area is 237 Å². The molecule has 0 bridgehead atoms. The van der Waals surface area contributed by atoms with Crippen LogP contribution in [-0.2, 0) is 15.8 Å². The van der Waals surface area contributed by atoms with Gasteiger partial charge < -0.3 is 20.1 Å². The third kappa shape index (κ3) is 5.88. The summed E-state index contributed by atoms with van der Waals surface area (Å²) in [6.07, 6.45) is -4.48. The lowest BCUT2D eigenvalue weighted by Gasteiger charge is -2.21. The van der Waals surface area contributed by atoms with Crippen LogP contribution in [0.15, 0.2) is 54.6 Å². The highest BCUT2D eigenvalue weighted by Crippen LogP contribution is 2.44. The standard InChI is InChI=1S/C28H24Cl2F3N3O4/c1-14(2)9-23(27(39)40)36-22-8-7-16(34-24(37)13-29)12-21(22)35-26(36)18-10-15(11-20(30)25(18)38)17-5-3-4-6-19(17)28(31,32)33/h3-8,10-12,14,23,38H,9,13H2,1-2H3,(H,34,37)(H,39,40). The van der Waals surface area contributed by atoms with E-state index in [1.807, 2.05) is 13.8 Å². The summed E-state index contributed by atoms with van der Waals surface area (Å²) in [4.78, 5) is 28.9. The maximum atomic E-state index is 13.8. The Hall–Kier alpha value is -3.76. The minimum atomic E-state index is -4.66. The van der Waals surface area contributed by atoms with Crippen molar-refractivity contribution >= 4 is 51.8 Å². The van der Waals surface area contributed by atoms with Crippen LogP contribution in [-0.4, -0.2) is 37.5 Å². The highest BCUT2D eigenvalue weighted by molar-refractivity contribution is 6.33. The fourth-order valence-electron chi connectivity index (χ4n) is 4.55. The van der Waals surface area contributed by atoms with Crippen LogP contribution in [0.4, 0.5) is 18.9 Å². The molecule has 1 atom stereocenters. The Balaban J connectivity index is 2.02. The van der Waals surface area contributed by atoms with Crippen molar-refractivity contribution in [1.29, 1.82) is 0 Å². The van der Waals surface area contributed by atoms with Gasteiger partial charge in [0.2, 0.25) is 5.91 Å². The molecule has 0 saturated heterocycles. The number of hydrogen-bond donors (Lipinski definition) is 3. The monoisotopic (exact) mass is 593 g/mol. The third-order valence-electron chi connectivity index (χ3n) is 6.23. The summed E-state index contributed by atoms with van der Waals surface area (Å²) >= 11 is 11.9. The molecule has 0 fully saturated rings. The smallest absolute Gasteiger partial charge is 0.417 e. The number of aromatic nitrogens is 2. The summed E-state index contributed by atoms with van der Waals surface area (Å²) in [5.74, 6) is -2.48. The number of carbonyl (C=O) groups excluding carboxylic acids is 1. The van der Waals surface area contributed by atoms with E-state index in [1.165, 1.54) is 41.0 Å². The molecule has 0 spiro atoms. The van der Waals surface area contributed by atoms with Gasteiger partial charge in [-0.3, -0.25) is 4.79 Å². The van der Waals surface area contributed by atoms with E-state index >= 15 is 0 Å². The molecule has 12 heteroatoms. The van der Waals surface area contributed by atoms with E-state index in [0.717, 1.165) is 6.07 Å². The molecule has 7 nitrogen and oxygen atoms in total. The summed E-state index contributed by atoms with van der Waals surface area (Å²) in [5.41, 5.74) is -0.104. The molecule has 0 aliphatic heterocycles. The number of alkyl halides is 4. The van der Waals surface area contributed by atoms with Gasteiger partial charge in [0.1, 0.15) is 23.5 Å². The molecule has 3 aromatic carbocycles. The largest absolute Gasteiger partial charge is 0.506 e. The van der Waals surface area contributed by atoms with Crippen molar-refractivity contribution in [2.24, 2.45) is 5.92 Å². The molecule has 0 aliphatic carbocycles. The van der Waals surface area contributed by atoms with E-state index < -0.39 is 35.4 Å². The van der Waals surface area contributed by atoms with Crippen LogP contribution in [0, 0.1) is 5.92 Å². The number of phenolic OH excluding ortho intramolecular Hbond substituents is 1.